The maximum absolute atomic E-state index is 13.5. The van der Waals surface area contributed by atoms with Crippen LogP contribution in [0.5, 0.6) is 11.5 Å². The molecule has 0 aromatic heterocycles. The highest BCUT2D eigenvalue weighted by Crippen LogP contribution is 2.50. The second kappa shape index (κ2) is 7.23. The smallest absolute Gasteiger partial charge is 0.255 e. The molecule has 0 heterocycles. The molecule has 0 bridgehead atoms. The highest BCUT2D eigenvalue weighted by molar-refractivity contribution is 6.22. The number of aromatic hydroxyl groups is 2. The van der Waals surface area contributed by atoms with E-state index < -0.39 is 52.3 Å². The van der Waals surface area contributed by atoms with Crippen LogP contribution in [0.25, 0.3) is 11.1 Å². The summed E-state index contributed by atoms with van der Waals surface area (Å²) in [4.78, 5) is 38.1. The molecule has 0 spiro atoms. The number of carbonyl (C=O) groups is 3. The third kappa shape index (κ3) is 3.01. The third-order valence-electron chi connectivity index (χ3n) is 6.95. The quantitative estimate of drug-likeness (QED) is 0.443. The molecule has 3 aliphatic rings. The Morgan fingerprint density at radius 2 is 1.64 bits per heavy atom. The Kier molecular flexibility index (Phi) is 4.56. The molecule has 8 heteroatoms. The number of allylic oxidation sites excluding steroid dienone is 3. The summed E-state index contributed by atoms with van der Waals surface area (Å²) in [6.07, 6.45) is 0.659. The molecular formula is C25H21NO7. The number of fused-ring (bicyclic) bond motifs is 3. The Hall–Kier alpha value is -4.07. The number of benzene rings is 2. The fourth-order valence-electron chi connectivity index (χ4n) is 5.55. The Labute approximate surface area is 188 Å². The minimum Gasteiger partial charge on any atom is -0.511 e. The summed E-state index contributed by atoms with van der Waals surface area (Å²) in [5.74, 6) is -5.44. The van der Waals surface area contributed by atoms with Crippen molar-refractivity contribution in [1.29, 1.82) is 0 Å². The minimum absolute atomic E-state index is 0.00553. The number of ketones is 2. The van der Waals surface area contributed by atoms with E-state index in [9.17, 15) is 34.8 Å². The van der Waals surface area contributed by atoms with Gasteiger partial charge >= 0.3 is 0 Å². The van der Waals surface area contributed by atoms with E-state index in [1.54, 1.807) is 18.2 Å². The molecule has 3 unspecified atom stereocenters. The molecule has 8 nitrogen and oxygen atoms in total. The van der Waals surface area contributed by atoms with E-state index >= 15 is 0 Å². The van der Waals surface area contributed by atoms with Crippen LogP contribution in [0.3, 0.4) is 0 Å². The number of Topliss-reactive ketones (excluding diaryl/α,β-unsaturated/α-hetero) is 2. The number of primary amides is 1. The number of aliphatic hydroxyl groups excluding tert-OH is 2. The van der Waals surface area contributed by atoms with E-state index in [0.717, 1.165) is 11.1 Å². The van der Waals surface area contributed by atoms with Gasteiger partial charge in [0.15, 0.2) is 11.6 Å². The molecule has 5 rings (SSSR count). The van der Waals surface area contributed by atoms with Crippen LogP contribution in [0, 0.1) is 17.8 Å². The summed E-state index contributed by atoms with van der Waals surface area (Å²) in [7, 11) is 0. The lowest BCUT2D eigenvalue weighted by Gasteiger charge is -2.41. The lowest BCUT2D eigenvalue weighted by molar-refractivity contribution is -0.126. The standard InChI is InChI=1S/C25H21NO7/c26-25(33)21-17(29)9-12-7-11-8-15-14(10-1-3-13(27)4-2-10)5-6-16(28)20(15)23(31)18(11)22(30)19(12)24(21)32/h1-6,11-12,19,27-30H,7-9H2,(H2,26,33). The summed E-state index contributed by atoms with van der Waals surface area (Å²) in [5.41, 5.74) is 6.91. The van der Waals surface area contributed by atoms with Crippen LogP contribution in [0.15, 0.2) is 59.1 Å². The molecule has 2 aromatic rings. The van der Waals surface area contributed by atoms with Gasteiger partial charge in [-0.25, -0.2) is 0 Å². The number of rotatable bonds is 2. The number of nitrogens with two attached hydrogens (primary N) is 1. The zero-order valence-electron chi connectivity index (χ0n) is 17.4. The van der Waals surface area contributed by atoms with Gasteiger partial charge in [0.05, 0.1) is 11.5 Å². The normalized spacial score (nSPS) is 24.3. The van der Waals surface area contributed by atoms with Crippen LogP contribution in [0.1, 0.15) is 28.8 Å². The van der Waals surface area contributed by atoms with Crippen molar-refractivity contribution in [3.05, 3.63) is 70.2 Å². The molecule has 1 amide bonds. The van der Waals surface area contributed by atoms with Gasteiger partial charge in [0.2, 0.25) is 0 Å². The van der Waals surface area contributed by atoms with Crippen LogP contribution < -0.4 is 5.73 Å². The number of carbonyl (C=O) groups excluding carboxylic acids is 3. The minimum atomic E-state index is -1.14. The molecule has 3 atom stereocenters. The Balaban J connectivity index is 1.64. The first kappa shape index (κ1) is 20.8. The fraction of sp³-hybridized carbons (Fsp3) is 0.240. The molecular weight excluding hydrogens is 426 g/mol. The van der Waals surface area contributed by atoms with Gasteiger partial charge in [-0.3, -0.25) is 14.4 Å². The topological polar surface area (TPSA) is 158 Å². The number of amides is 1. The van der Waals surface area contributed by atoms with Crippen molar-refractivity contribution in [1.82, 2.24) is 0 Å². The average Bonchev–Trinajstić information content (AvgIpc) is 2.74. The Bertz CT molecular complexity index is 1300. The lowest BCUT2D eigenvalue weighted by atomic mass is 9.62. The molecule has 168 valence electrons. The van der Waals surface area contributed by atoms with Gasteiger partial charge in [-0.15, -0.1) is 0 Å². The van der Waals surface area contributed by atoms with Crippen LogP contribution in [-0.2, 0) is 16.0 Å². The average molecular weight is 447 g/mol. The van der Waals surface area contributed by atoms with Crippen molar-refractivity contribution in [3.8, 4) is 22.6 Å². The van der Waals surface area contributed by atoms with E-state index in [4.69, 9.17) is 5.73 Å². The van der Waals surface area contributed by atoms with Crippen molar-refractivity contribution in [2.24, 2.45) is 23.5 Å². The van der Waals surface area contributed by atoms with Crippen LogP contribution in [0.4, 0.5) is 0 Å². The number of phenols is 2. The maximum Gasteiger partial charge on any atom is 0.255 e. The van der Waals surface area contributed by atoms with Crippen molar-refractivity contribution in [2.45, 2.75) is 19.3 Å². The predicted octanol–water partition coefficient (Wildman–Crippen LogP) is 2.84. The van der Waals surface area contributed by atoms with E-state index in [1.165, 1.54) is 18.2 Å². The molecule has 2 aromatic carbocycles. The summed E-state index contributed by atoms with van der Waals surface area (Å²) >= 11 is 0. The first-order valence-electron chi connectivity index (χ1n) is 10.6. The molecule has 3 aliphatic carbocycles. The predicted molar refractivity (Wildman–Crippen MR) is 116 cm³/mol. The zero-order valence-corrected chi connectivity index (χ0v) is 17.4. The lowest BCUT2D eigenvalue weighted by Crippen LogP contribution is -2.43. The van der Waals surface area contributed by atoms with Gasteiger partial charge in [-0.05, 0) is 59.6 Å². The third-order valence-corrected chi connectivity index (χ3v) is 6.95. The van der Waals surface area contributed by atoms with Crippen molar-refractivity contribution < 1.29 is 34.8 Å². The number of hydrogen-bond acceptors (Lipinski definition) is 7. The molecule has 33 heavy (non-hydrogen) atoms. The van der Waals surface area contributed by atoms with Crippen LogP contribution in [0.2, 0.25) is 0 Å². The first-order chi connectivity index (χ1) is 15.7. The SMILES string of the molecule is NC(=O)C1=C(O)CC2CC3Cc4c(-c5ccc(O)cc5)ccc(O)c4C(=O)C3=C(O)C2C1=O. The summed E-state index contributed by atoms with van der Waals surface area (Å²) < 4.78 is 0. The van der Waals surface area contributed by atoms with Gasteiger partial charge in [0, 0.05) is 12.0 Å². The van der Waals surface area contributed by atoms with Gasteiger partial charge in [-0.2, -0.15) is 0 Å². The molecule has 0 saturated carbocycles. The van der Waals surface area contributed by atoms with E-state index in [-0.39, 0.29) is 29.1 Å². The highest BCUT2D eigenvalue weighted by atomic mass is 16.3. The molecule has 0 aliphatic heterocycles. The molecule has 0 fully saturated rings. The molecule has 0 saturated heterocycles. The largest absolute Gasteiger partial charge is 0.511 e. The van der Waals surface area contributed by atoms with Crippen molar-refractivity contribution in [3.63, 3.8) is 0 Å². The maximum atomic E-state index is 13.5. The zero-order chi connectivity index (χ0) is 23.6. The number of aliphatic hydroxyl groups is 2. The van der Waals surface area contributed by atoms with Crippen molar-refractivity contribution >= 4 is 17.5 Å². The van der Waals surface area contributed by atoms with Crippen LogP contribution in [-0.4, -0.2) is 37.9 Å². The number of phenolic OH excluding ortho intramolecular Hbond substituents is 2. The monoisotopic (exact) mass is 447 g/mol. The molecule has 0 radical (unpaired) electrons. The van der Waals surface area contributed by atoms with E-state index in [2.05, 4.69) is 0 Å². The van der Waals surface area contributed by atoms with Gasteiger partial charge < -0.3 is 26.2 Å². The van der Waals surface area contributed by atoms with Gasteiger partial charge in [0.25, 0.3) is 5.91 Å². The second-order valence-corrected chi connectivity index (χ2v) is 8.79. The van der Waals surface area contributed by atoms with Gasteiger partial charge in [-0.1, -0.05) is 18.2 Å². The second-order valence-electron chi connectivity index (χ2n) is 8.79. The Morgan fingerprint density at radius 1 is 0.939 bits per heavy atom. The Morgan fingerprint density at radius 3 is 2.30 bits per heavy atom. The fourth-order valence-corrected chi connectivity index (χ4v) is 5.55. The number of hydrogen-bond donors (Lipinski definition) is 5. The van der Waals surface area contributed by atoms with Gasteiger partial charge in [0.1, 0.15) is 28.6 Å². The van der Waals surface area contributed by atoms with Crippen molar-refractivity contribution in [2.75, 3.05) is 0 Å². The summed E-state index contributed by atoms with van der Waals surface area (Å²) in [6.45, 7) is 0. The first-order valence-corrected chi connectivity index (χ1v) is 10.6. The summed E-state index contributed by atoms with van der Waals surface area (Å²) in [5, 5.41) is 41.4. The van der Waals surface area contributed by atoms with E-state index in [0.29, 0.717) is 18.4 Å². The summed E-state index contributed by atoms with van der Waals surface area (Å²) in [6, 6.07) is 9.58. The van der Waals surface area contributed by atoms with Crippen LogP contribution >= 0.6 is 0 Å². The molecule has 6 N–H and O–H groups in total. The highest BCUT2D eigenvalue weighted by Gasteiger charge is 2.50. The van der Waals surface area contributed by atoms with E-state index in [1.807, 2.05) is 0 Å².